The summed E-state index contributed by atoms with van der Waals surface area (Å²) in [6, 6.07) is 20.1. The molecule has 5 heteroatoms. The van der Waals surface area contributed by atoms with Crippen molar-refractivity contribution in [3.63, 3.8) is 0 Å². The van der Waals surface area contributed by atoms with Gasteiger partial charge in [0.2, 0.25) is 5.91 Å². The summed E-state index contributed by atoms with van der Waals surface area (Å²) in [4.78, 5) is 19.9. The van der Waals surface area contributed by atoms with Crippen LogP contribution in [-0.4, -0.2) is 22.4 Å². The number of anilines is 1. The normalized spacial score (nSPS) is 10.5. The number of hydrogen-bond acceptors (Lipinski definition) is 4. The predicted octanol–water partition coefficient (Wildman–Crippen LogP) is 2.79. The van der Waals surface area contributed by atoms with E-state index < -0.39 is 0 Å². The summed E-state index contributed by atoms with van der Waals surface area (Å²) in [5, 5.41) is 6.09. The molecule has 0 aliphatic carbocycles. The Kier molecular flexibility index (Phi) is 5.27. The topological polar surface area (TPSA) is 66.9 Å². The smallest absolute Gasteiger partial charge is 0.238 e. The Morgan fingerprint density at radius 3 is 1.96 bits per heavy atom. The molecule has 3 aromatic rings. The molecule has 0 radical (unpaired) electrons. The van der Waals surface area contributed by atoms with Crippen LogP contribution in [0.1, 0.15) is 17.2 Å². The molecule has 0 bridgehead atoms. The van der Waals surface area contributed by atoms with Gasteiger partial charge in [0.05, 0.1) is 30.7 Å². The fourth-order valence-corrected chi connectivity index (χ4v) is 2.48. The van der Waals surface area contributed by atoms with Gasteiger partial charge < -0.3 is 5.32 Å². The number of rotatable bonds is 6. The molecular formula is C19H18N4O. The van der Waals surface area contributed by atoms with Crippen molar-refractivity contribution in [1.82, 2.24) is 15.3 Å². The lowest BCUT2D eigenvalue weighted by Gasteiger charge is -2.19. The Morgan fingerprint density at radius 1 is 0.875 bits per heavy atom. The van der Waals surface area contributed by atoms with Crippen LogP contribution in [0.25, 0.3) is 0 Å². The minimum atomic E-state index is -0.137. The molecule has 0 saturated carbocycles. The summed E-state index contributed by atoms with van der Waals surface area (Å²) >= 11 is 0. The summed E-state index contributed by atoms with van der Waals surface area (Å²) in [5.41, 5.74) is 2.80. The van der Waals surface area contributed by atoms with Crippen molar-refractivity contribution < 1.29 is 4.79 Å². The van der Waals surface area contributed by atoms with Crippen molar-refractivity contribution >= 4 is 11.6 Å². The van der Waals surface area contributed by atoms with E-state index in [-0.39, 0.29) is 18.5 Å². The van der Waals surface area contributed by atoms with Crippen LogP contribution in [0.3, 0.4) is 0 Å². The molecule has 1 amide bonds. The van der Waals surface area contributed by atoms with E-state index in [2.05, 4.69) is 20.6 Å². The van der Waals surface area contributed by atoms with Gasteiger partial charge in [0.1, 0.15) is 6.33 Å². The summed E-state index contributed by atoms with van der Waals surface area (Å²) < 4.78 is 0. The van der Waals surface area contributed by atoms with Gasteiger partial charge in [0.15, 0.2) is 0 Å². The lowest BCUT2D eigenvalue weighted by molar-refractivity contribution is -0.115. The van der Waals surface area contributed by atoms with Crippen LogP contribution >= 0.6 is 0 Å². The lowest BCUT2D eigenvalue weighted by atomic mass is 9.99. The van der Waals surface area contributed by atoms with Crippen molar-refractivity contribution in [3.05, 3.63) is 90.5 Å². The minimum Gasteiger partial charge on any atom is -0.322 e. The third-order valence-corrected chi connectivity index (χ3v) is 3.58. The van der Waals surface area contributed by atoms with Gasteiger partial charge in [0.25, 0.3) is 0 Å². The highest BCUT2D eigenvalue weighted by atomic mass is 16.1. The Bertz CT molecular complexity index is 724. The van der Waals surface area contributed by atoms with Crippen molar-refractivity contribution in [2.24, 2.45) is 0 Å². The van der Waals surface area contributed by atoms with Crippen molar-refractivity contribution in [2.45, 2.75) is 6.04 Å². The van der Waals surface area contributed by atoms with Gasteiger partial charge in [-0.3, -0.25) is 10.1 Å². The number of aromatic nitrogens is 2. The monoisotopic (exact) mass is 318 g/mol. The largest absolute Gasteiger partial charge is 0.322 e. The summed E-state index contributed by atoms with van der Waals surface area (Å²) in [6.07, 6.45) is 4.56. The number of carbonyl (C=O) groups is 1. The lowest BCUT2D eigenvalue weighted by Crippen LogP contribution is -2.32. The second-order valence-electron chi connectivity index (χ2n) is 5.31. The number of benzene rings is 2. The van der Waals surface area contributed by atoms with Gasteiger partial charge in [-0.25, -0.2) is 9.97 Å². The molecule has 0 fully saturated rings. The molecule has 120 valence electrons. The van der Waals surface area contributed by atoms with E-state index in [0.29, 0.717) is 5.69 Å². The van der Waals surface area contributed by atoms with Gasteiger partial charge in [-0.15, -0.1) is 0 Å². The first-order chi connectivity index (χ1) is 11.8. The van der Waals surface area contributed by atoms with Crippen molar-refractivity contribution in [1.29, 1.82) is 0 Å². The Morgan fingerprint density at radius 2 is 1.42 bits per heavy atom. The highest BCUT2D eigenvalue weighted by Crippen LogP contribution is 2.21. The third-order valence-electron chi connectivity index (χ3n) is 3.58. The van der Waals surface area contributed by atoms with Crippen LogP contribution in [0.5, 0.6) is 0 Å². The van der Waals surface area contributed by atoms with E-state index in [0.717, 1.165) is 11.1 Å². The molecule has 24 heavy (non-hydrogen) atoms. The van der Waals surface area contributed by atoms with Crippen LogP contribution in [0.15, 0.2) is 79.4 Å². The standard InChI is InChI=1S/C19H18N4O/c24-18(23-17-11-20-14-21-12-17)13-22-19(15-7-3-1-4-8-15)16-9-5-2-6-10-16/h1-12,14,19,22H,13H2,(H,23,24). The maximum absolute atomic E-state index is 12.2. The summed E-state index contributed by atoms with van der Waals surface area (Å²) in [6.45, 7) is 0.184. The number of amides is 1. The average molecular weight is 318 g/mol. The van der Waals surface area contributed by atoms with Crippen LogP contribution in [0.2, 0.25) is 0 Å². The van der Waals surface area contributed by atoms with Crippen LogP contribution in [0, 0.1) is 0 Å². The molecule has 3 rings (SSSR count). The molecule has 0 atom stereocenters. The number of nitrogens with zero attached hydrogens (tertiary/aromatic N) is 2. The first kappa shape index (κ1) is 15.8. The minimum absolute atomic E-state index is 0.0508. The SMILES string of the molecule is O=C(CNC(c1ccccc1)c1ccccc1)Nc1cncnc1. The predicted molar refractivity (Wildman–Crippen MR) is 93.4 cm³/mol. The molecule has 5 nitrogen and oxygen atoms in total. The van der Waals surface area contributed by atoms with E-state index in [1.807, 2.05) is 60.7 Å². The van der Waals surface area contributed by atoms with E-state index in [1.165, 1.54) is 6.33 Å². The first-order valence-electron chi connectivity index (χ1n) is 7.71. The number of nitrogens with one attached hydrogen (secondary N) is 2. The van der Waals surface area contributed by atoms with E-state index >= 15 is 0 Å². The van der Waals surface area contributed by atoms with Crippen molar-refractivity contribution in [3.8, 4) is 0 Å². The molecule has 0 aliphatic rings. The van der Waals surface area contributed by atoms with E-state index in [9.17, 15) is 4.79 Å². The van der Waals surface area contributed by atoms with E-state index in [1.54, 1.807) is 12.4 Å². The van der Waals surface area contributed by atoms with Gasteiger partial charge in [0, 0.05) is 0 Å². The zero-order valence-electron chi connectivity index (χ0n) is 13.1. The zero-order chi connectivity index (χ0) is 16.6. The highest BCUT2D eigenvalue weighted by molar-refractivity contribution is 5.91. The molecule has 0 saturated heterocycles. The Hall–Kier alpha value is -3.05. The van der Waals surface area contributed by atoms with Crippen LogP contribution in [0.4, 0.5) is 5.69 Å². The molecule has 2 N–H and O–H groups in total. The van der Waals surface area contributed by atoms with Crippen molar-refractivity contribution in [2.75, 3.05) is 11.9 Å². The second-order valence-corrected chi connectivity index (χ2v) is 5.31. The zero-order valence-corrected chi connectivity index (χ0v) is 13.1. The molecule has 0 unspecified atom stereocenters. The van der Waals surface area contributed by atoms with Crippen LogP contribution in [-0.2, 0) is 4.79 Å². The first-order valence-corrected chi connectivity index (χ1v) is 7.71. The fraction of sp³-hybridized carbons (Fsp3) is 0.105. The quantitative estimate of drug-likeness (QED) is 0.733. The molecule has 0 spiro atoms. The van der Waals surface area contributed by atoms with Gasteiger partial charge in [-0.2, -0.15) is 0 Å². The van der Waals surface area contributed by atoms with Gasteiger partial charge >= 0.3 is 0 Å². The fourth-order valence-electron chi connectivity index (χ4n) is 2.48. The Labute approximate surface area is 140 Å². The number of hydrogen-bond donors (Lipinski definition) is 2. The molecule has 0 aliphatic heterocycles. The number of carbonyl (C=O) groups excluding carboxylic acids is 1. The molecule has 1 heterocycles. The molecular weight excluding hydrogens is 300 g/mol. The molecule has 1 aromatic heterocycles. The van der Waals surface area contributed by atoms with Crippen LogP contribution < -0.4 is 10.6 Å². The van der Waals surface area contributed by atoms with Gasteiger partial charge in [-0.05, 0) is 11.1 Å². The van der Waals surface area contributed by atoms with Gasteiger partial charge in [-0.1, -0.05) is 60.7 Å². The summed E-state index contributed by atoms with van der Waals surface area (Å²) in [7, 11) is 0. The Balaban J connectivity index is 1.70. The second kappa shape index (κ2) is 7.99. The average Bonchev–Trinajstić information content (AvgIpc) is 2.64. The maximum atomic E-state index is 12.2. The third kappa shape index (κ3) is 4.24. The maximum Gasteiger partial charge on any atom is 0.238 e. The highest BCUT2D eigenvalue weighted by Gasteiger charge is 2.14. The molecule has 2 aromatic carbocycles. The van der Waals surface area contributed by atoms with E-state index in [4.69, 9.17) is 0 Å². The summed E-state index contributed by atoms with van der Waals surface area (Å²) in [5.74, 6) is -0.137.